The Kier molecular flexibility index (Phi) is 3.17. The Balaban J connectivity index is 2.93. The highest BCUT2D eigenvalue weighted by Gasteiger charge is 2.21. The van der Waals surface area contributed by atoms with Gasteiger partial charge in [-0.2, -0.15) is 0 Å². The van der Waals surface area contributed by atoms with Crippen molar-refractivity contribution in [2.24, 2.45) is 5.29 Å². The Bertz CT molecular complexity index is 326. The van der Waals surface area contributed by atoms with Crippen LogP contribution in [0.2, 0.25) is 0 Å². The van der Waals surface area contributed by atoms with Crippen LogP contribution < -0.4 is 5.01 Å². The lowest BCUT2D eigenvalue weighted by atomic mass is 10.2. The number of hydrogen-bond donors (Lipinski definition) is 1. The highest BCUT2D eigenvalue weighted by Crippen LogP contribution is 2.16. The van der Waals surface area contributed by atoms with E-state index >= 15 is 0 Å². The van der Waals surface area contributed by atoms with Crippen molar-refractivity contribution in [3.8, 4) is 0 Å². The fraction of sp³-hybridized carbons (Fsp3) is 0.222. The van der Waals surface area contributed by atoms with Crippen LogP contribution in [0.3, 0.4) is 0 Å². The minimum Gasteiger partial charge on any atom is -0.480 e. The highest BCUT2D eigenvalue weighted by atomic mass is 16.4. The summed E-state index contributed by atoms with van der Waals surface area (Å²) in [5, 5.41) is 12.3. The topological polar surface area (TPSA) is 70.0 Å². The first-order valence-electron chi connectivity index (χ1n) is 4.07. The van der Waals surface area contributed by atoms with Crippen LogP contribution in [0.1, 0.15) is 6.92 Å². The molecule has 1 rings (SSSR count). The largest absolute Gasteiger partial charge is 0.480 e. The maximum atomic E-state index is 10.6. The molecule has 0 aliphatic heterocycles. The lowest BCUT2D eigenvalue weighted by molar-refractivity contribution is -0.138. The average Bonchev–Trinajstić information content (AvgIpc) is 2.20. The van der Waals surface area contributed by atoms with Crippen LogP contribution in [0.15, 0.2) is 35.6 Å². The molecule has 74 valence electrons. The Morgan fingerprint density at radius 3 is 2.43 bits per heavy atom. The van der Waals surface area contributed by atoms with E-state index in [0.717, 1.165) is 5.01 Å². The van der Waals surface area contributed by atoms with Gasteiger partial charge in [0.05, 0.1) is 11.0 Å². The van der Waals surface area contributed by atoms with Crippen molar-refractivity contribution in [2.75, 3.05) is 5.01 Å². The number of para-hydroxylation sites is 1. The third-order valence-corrected chi connectivity index (χ3v) is 1.83. The summed E-state index contributed by atoms with van der Waals surface area (Å²) in [4.78, 5) is 21.1. The van der Waals surface area contributed by atoms with Crippen molar-refractivity contribution < 1.29 is 9.90 Å². The van der Waals surface area contributed by atoms with Crippen LogP contribution in [0.5, 0.6) is 0 Å². The van der Waals surface area contributed by atoms with Crippen LogP contribution in [0.4, 0.5) is 5.69 Å². The van der Waals surface area contributed by atoms with E-state index in [1.165, 1.54) is 6.92 Å². The second-order valence-corrected chi connectivity index (χ2v) is 2.78. The number of carbonyl (C=O) groups is 1. The Hall–Kier alpha value is -1.91. The number of benzene rings is 1. The number of nitroso groups, excluding NO2 is 1. The van der Waals surface area contributed by atoms with Crippen LogP contribution in [0, 0.1) is 4.91 Å². The summed E-state index contributed by atoms with van der Waals surface area (Å²) in [7, 11) is 0. The van der Waals surface area contributed by atoms with Gasteiger partial charge in [-0.15, -0.1) is 4.91 Å². The molecule has 0 saturated heterocycles. The Morgan fingerprint density at radius 1 is 1.43 bits per heavy atom. The SMILES string of the molecule is C[C@@H](C(=O)O)N(N=O)c1ccccc1. The number of carboxylic acid groups (broad SMARTS) is 1. The summed E-state index contributed by atoms with van der Waals surface area (Å²) < 4.78 is 0. The molecule has 1 aromatic rings. The Labute approximate surface area is 80.9 Å². The molecule has 0 unspecified atom stereocenters. The molecule has 0 amide bonds. The van der Waals surface area contributed by atoms with Crippen molar-refractivity contribution in [1.29, 1.82) is 0 Å². The number of rotatable bonds is 4. The summed E-state index contributed by atoms with van der Waals surface area (Å²) >= 11 is 0. The third-order valence-electron chi connectivity index (χ3n) is 1.83. The number of nitrogens with zero attached hydrogens (tertiary/aromatic N) is 2. The van der Waals surface area contributed by atoms with Gasteiger partial charge < -0.3 is 5.11 Å². The zero-order valence-corrected chi connectivity index (χ0v) is 7.62. The van der Waals surface area contributed by atoms with Crippen molar-refractivity contribution >= 4 is 11.7 Å². The molecule has 1 N–H and O–H groups in total. The van der Waals surface area contributed by atoms with Gasteiger partial charge >= 0.3 is 5.97 Å². The number of aliphatic carboxylic acids is 1. The predicted molar refractivity (Wildman–Crippen MR) is 51.8 cm³/mol. The number of anilines is 1. The zero-order valence-electron chi connectivity index (χ0n) is 7.62. The van der Waals surface area contributed by atoms with Crippen LogP contribution in [-0.4, -0.2) is 17.1 Å². The first-order chi connectivity index (χ1) is 6.66. The van der Waals surface area contributed by atoms with Crippen LogP contribution in [0.25, 0.3) is 0 Å². The van der Waals surface area contributed by atoms with Gasteiger partial charge in [0.25, 0.3) is 0 Å². The summed E-state index contributed by atoms with van der Waals surface area (Å²) in [5.41, 5.74) is 0.470. The van der Waals surface area contributed by atoms with E-state index < -0.39 is 12.0 Å². The van der Waals surface area contributed by atoms with Gasteiger partial charge in [-0.05, 0) is 19.1 Å². The van der Waals surface area contributed by atoms with Crippen molar-refractivity contribution in [3.05, 3.63) is 35.2 Å². The van der Waals surface area contributed by atoms with E-state index in [9.17, 15) is 9.70 Å². The number of carboxylic acids is 1. The van der Waals surface area contributed by atoms with E-state index in [0.29, 0.717) is 5.69 Å². The quantitative estimate of drug-likeness (QED) is 0.584. The monoisotopic (exact) mass is 194 g/mol. The van der Waals surface area contributed by atoms with Gasteiger partial charge in [-0.3, -0.25) is 0 Å². The van der Waals surface area contributed by atoms with Crippen molar-refractivity contribution in [3.63, 3.8) is 0 Å². The molecule has 0 fully saturated rings. The van der Waals surface area contributed by atoms with Crippen molar-refractivity contribution in [2.45, 2.75) is 13.0 Å². The highest BCUT2D eigenvalue weighted by molar-refractivity contribution is 5.77. The molecule has 0 aliphatic carbocycles. The molecule has 1 aromatic carbocycles. The second kappa shape index (κ2) is 4.36. The molecular weight excluding hydrogens is 184 g/mol. The van der Waals surface area contributed by atoms with Gasteiger partial charge in [-0.1, -0.05) is 18.2 Å². The molecule has 0 radical (unpaired) electrons. The smallest absolute Gasteiger partial charge is 0.328 e. The van der Waals surface area contributed by atoms with E-state index in [1.807, 2.05) is 0 Å². The van der Waals surface area contributed by atoms with E-state index in [2.05, 4.69) is 5.29 Å². The van der Waals surface area contributed by atoms with Gasteiger partial charge in [0.1, 0.15) is 6.04 Å². The second-order valence-electron chi connectivity index (χ2n) is 2.78. The summed E-state index contributed by atoms with van der Waals surface area (Å²) in [6.07, 6.45) is 0. The molecular formula is C9H10N2O3. The zero-order chi connectivity index (χ0) is 10.6. The lowest BCUT2D eigenvalue weighted by Crippen LogP contribution is -2.34. The maximum Gasteiger partial charge on any atom is 0.328 e. The molecule has 0 saturated carbocycles. The predicted octanol–water partition coefficient (Wildman–Crippen LogP) is 1.65. The number of hydrogen-bond acceptors (Lipinski definition) is 3. The maximum absolute atomic E-state index is 10.6. The minimum absolute atomic E-state index is 0.470. The lowest BCUT2D eigenvalue weighted by Gasteiger charge is -2.18. The molecule has 5 heteroatoms. The van der Waals surface area contributed by atoms with Gasteiger partial charge in [0.15, 0.2) is 0 Å². The molecule has 1 atom stereocenters. The van der Waals surface area contributed by atoms with E-state index in [4.69, 9.17) is 5.11 Å². The summed E-state index contributed by atoms with van der Waals surface area (Å²) in [6, 6.07) is 7.49. The first kappa shape index (κ1) is 10.2. The standard InChI is InChI=1S/C9H10N2O3/c1-7(9(12)13)11(10-14)8-5-3-2-4-6-8/h2-7H,1H3,(H,12,13)/t7-/m0/s1. The van der Waals surface area contributed by atoms with Gasteiger partial charge in [-0.25, -0.2) is 9.80 Å². The normalized spacial score (nSPS) is 11.8. The van der Waals surface area contributed by atoms with E-state index in [-0.39, 0.29) is 0 Å². The summed E-state index contributed by atoms with van der Waals surface area (Å²) in [5.74, 6) is -1.09. The molecule has 0 aliphatic rings. The third kappa shape index (κ3) is 2.07. The average molecular weight is 194 g/mol. The molecule has 0 aromatic heterocycles. The van der Waals surface area contributed by atoms with Gasteiger partial charge in [0.2, 0.25) is 0 Å². The molecule has 0 bridgehead atoms. The molecule has 0 heterocycles. The fourth-order valence-electron chi connectivity index (χ4n) is 1.03. The molecule has 14 heavy (non-hydrogen) atoms. The Morgan fingerprint density at radius 2 is 2.00 bits per heavy atom. The molecule has 5 nitrogen and oxygen atoms in total. The first-order valence-corrected chi connectivity index (χ1v) is 4.07. The van der Waals surface area contributed by atoms with Gasteiger partial charge in [0, 0.05) is 0 Å². The van der Waals surface area contributed by atoms with E-state index in [1.54, 1.807) is 30.3 Å². The molecule has 0 spiro atoms. The van der Waals surface area contributed by atoms with Crippen molar-refractivity contribution in [1.82, 2.24) is 0 Å². The van der Waals surface area contributed by atoms with Crippen LogP contribution >= 0.6 is 0 Å². The fourth-order valence-corrected chi connectivity index (χ4v) is 1.03. The summed E-state index contributed by atoms with van der Waals surface area (Å²) in [6.45, 7) is 1.40. The van der Waals surface area contributed by atoms with Crippen LogP contribution in [-0.2, 0) is 4.79 Å². The minimum atomic E-state index is -1.09.